The van der Waals surface area contributed by atoms with Crippen molar-refractivity contribution >= 4 is 14.1 Å². The first kappa shape index (κ1) is 6.94. The summed E-state index contributed by atoms with van der Waals surface area (Å²) in [5.74, 6) is 0. The molecule has 0 atom stereocenters. The minimum atomic E-state index is 1.08. The molecule has 0 N–H and O–H groups in total. The Kier molecular flexibility index (Phi) is 2.62. The second-order valence-electron chi connectivity index (χ2n) is 1.85. The predicted molar refractivity (Wildman–Crippen MR) is 42.3 cm³/mol. The van der Waals surface area contributed by atoms with Gasteiger partial charge in [0.25, 0.3) is 0 Å². The van der Waals surface area contributed by atoms with Crippen LogP contribution in [0.1, 0.15) is 5.56 Å². The van der Waals surface area contributed by atoms with Crippen molar-refractivity contribution in [1.82, 2.24) is 0 Å². The second kappa shape index (κ2) is 3.78. The molecule has 1 aromatic carbocycles. The molecule has 0 fully saturated rings. The van der Waals surface area contributed by atoms with Gasteiger partial charge in [-0.3, -0.25) is 0 Å². The molecule has 0 aliphatic carbocycles. The minimum Gasteiger partial charge on any atom is -0.573 e. The van der Waals surface area contributed by atoms with Gasteiger partial charge >= 0.3 is 8.05 Å². The molecule has 0 spiro atoms. The van der Waals surface area contributed by atoms with Gasteiger partial charge in [0.1, 0.15) is 0 Å². The third-order valence-electron chi connectivity index (χ3n) is 1.14. The number of rotatable bonds is 2. The molecular formula is C8H7BO. The van der Waals surface area contributed by atoms with Crippen molar-refractivity contribution < 1.29 is 4.65 Å². The van der Waals surface area contributed by atoms with Crippen molar-refractivity contribution in [2.75, 3.05) is 0 Å². The van der Waals surface area contributed by atoms with E-state index in [1.54, 1.807) is 6.08 Å². The van der Waals surface area contributed by atoms with Crippen molar-refractivity contribution in [3.8, 4) is 0 Å². The van der Waals surface area contributed by atoms with Crippen LogP contribution in [0, 0.1) is 0 Å². The summed E-state index contributed by atoms with van der Waals surface area (Å²) in [5, 5.41) is 0. The number of benzene rings is 1. The lowest BCUT2D eigenvalue weighted by molar-refractivity contribution is 0.539. The zero-order chi connectivity index (χ0) is 7.23. The molecule has 0 aliphatic heterocycles. The van der Waals surface area contributed by atoms with Gasteiger partial charge in [-0.05, 0) is 11.6 Å². The lowest BCUT2D eigenvalue weighted by atomic mass is 10.2. The molecule has 2 radical (unpaired) electrons. The van der Waals surface area contributed by atoms with Crippen LogP contribution in [-0.4, -0.2) is 8.05 Å². The monoisotopic (exact) mass is 130 g/mol. The van der Waals surface area contributed by atoms with E-state index in [0.717, 1.165) is 5.56 Å². The molecule has 1 aromatic rings. The molecule has 0 unspecified atom stereocenters. The zero-order valence-electron chi connectivity index (χ0n) is 5.53. The lowest BCUT2D eigenvalue weighted by Gasteiger charge is -1.89. The fourth-order valence-electron chi connectivity index (χ4n) is 0.682. The highest BCUT2D eigenvalue weighted by Gasteiger charge is 1.79. The van der Waals surface area contributed by atoms with Crippen LogP contribution in [0.25, 0.3) is 6.08 Å². The van der Waals surface area contributed by atoms with Gasteiger partial charge in [0, 0.05) is 0 Å². The number of hydrogen-bond donors (Lipinski definition) is 0. The van der Waals surface area contributed by atoms with E-state index in [-0.39, 0.29) is 0 Å². The van der Waals surface area contributed by atoms with Crippen molar-refractivity contribution in [2.24, 2.45) is 0 Å². The summed E-state index contributed by atoms with van der Waals surface area (Å²) in [5.41, 5.74) is 1.08. The molecule has 0 saturated carbocycles. The molecule has 1 rings (SSSR count). The van der Waals surface area contributed by atoms with Gasteiger partial charge in [-0.2, -0.15) is 0 Å². The molecule has 2 heteroatoms. The smallest absolute Gasteiger partial charge is 0.373 e. The van der Waals surface area contributed by atoms with Gasteiger partial charge < -0.3 is 4.65 Å². The minimum absolute atomic E-state index is 1.08. The normalized spacial score (nSPS) is 10.0. The molecule has 0 heterocycles. The van der Waals surface area contributed by atoms with Crippen molar-refractivity contribution in [3.05, 3.63) is 42.2 Å². The fourth-order valence-corrected chi connectivity index (χ4v) is 0.682. The van der Waals surface area contributed by atoms with Crippen molar-refractivity contribution in [3.63, 3.8) is 0 Å². The Hall–Kier alpha value is -1.18. The molecule has 48 valence electrons. The van der Waals surface area contributed by atoms with Crippen molar-refractivity contribution in [1.29, 1.82) is 0 Å². The van der Waals surface area contributed by atoms with Crippen LogP contribution in [0.5, 0.6) is 0 Å². The highest BCUT2D eigenvalue weighted by atomic mass is 16.4. The van der Waals surface area contributed by atoms with Crippen LogP contribution in [-0.2, 0) is 4.65 Å². The molecule has 0 bridgehead atoms. The summed E-state index contributed by atoms with van der Waals surface area (Å²) < 4.78 is 4.27. The first-order chi connectivity index (χ1) is 4.93. The van der Waals surface area contributed by atoms with Gasteiger partial charge in [0.05, 0.1) is 6.26 Å². The quantitative estimate of drug-likeness (QED) is 0.437. The molecule has 0 aromatic heterocycles. The maximum atomic E-state index is 4.79. The standard InChI is InChI=1S/C8H7BO/c9-10-7-6-8-4-2-1-3-5-8/h1-7H. The maximum Gasteiger partial charge on any atom is 0.373 e. The molecular weight excluding hydrogens is 123 g/mol. The molecule has 10 heavy (non-hydrogen) atoms. The van der Waals surface area contributed by atoms with E-state index in [4.69, 9.17) is 8.05 Å². The van der Waals surface area contributed by atoms with Crippen LogP contribution < -0.4 is 0 Å². The largest absolute Gasteiger partial charge is 0.573 e. The first-order valence-corrected chi connectivity index (χ1v) is 3.00. The Balaban J connectivity index is 2.67. The molecule has 0 amide bonds. The van der Waals surface area contributed by atoms with Gasteiger partial charge in [0.15, 0.2) is 0 Å². The van der Waals surface area contributed by atoms with Gasteiger partial charge in [-0.1, -0.05) is 30.3 Å². The van der Waals surface area contributed by atoms with Crippen LogP contribution in [0.15, 0.2) is 36.6 Å². The van der Waals surface area contributed by atoms with Gasteiger partial charge in [0.2, 0.25) is 0 Å². The van der Waals surface area contributed by atoms with E-state index in [0.29, 0.717) is 0 Å². The first-order valence-electron chi connectivity index (χ1n) is 3.00. The van der Waals surface area contributed by atoms with Gasteiger partial charge in [-0.15, -0.1) is 0 Å². The van der Waals surface area contributed by atoms with E-state index >= 15 is 0 Å². The Morgan fingerprint density at radius 2 is 1.90 bits per heavy atom. The van der Waals surface area contributed by atoms with Crippen LogP contribution in [0.4, 0.5) is 0 Å². The van der Waals surface area contributed by atoms with Crippen LogP contribution in [0.3, 0.4) is 0 Å². The van der Waals surface area contributed by atoms with Crippen LogP contribution in [0.2, 0.25) is 0 Å². The Labute approximate surface area is 61.8 Å². The zero-order valence-corrected chi connectivity index (χ0v) is 5.53. The van der Waals surface area contributed by atoms with E-state index in [1.165, 1.54) is 6.26 Å². The van der Waals surface area contributed by atoms with E-state index < -0.39 is 0 Å². The fraction of sp³-hybridized carbons (Fsp3) is 0. The average molecular weight is 130 g/mol. The Morgan fingerprint density at radius 1 is 1.20 bits per heavy atom. The third-order valence-corrected chi connectivity index (χ3v) is 1.14. The number of hydrogen-bond acceptors (Lipinski definition) is 1. The molecule has 0 saturated heterocycles. The average Bonchev–Trinajstić information content (AvgIpc) is 2.03. The SMILES string of the molecule is [B]OC=Cc1ccccc1. The summed E-state index contributed by atoms with van der Waals surface area (Å²) in [6.07, 6.45) is 3.23. The highest BCUT2D eigenvalue weighted by molar-refractivity contribution is 5.98. The van der Waals surface area contributed by atoms with Gasteiger partial charge in [-0.25, -0.2) is 0 Å². The van der Waals surface area contributed by atoms with Crippen LogP contribution >= 0.6 is 0 Å². The Morgan fingerprint density at radius 3 is 2.50 bits per heavy atom. The summed E-state index contributed by atoms with van der Waals surface area (Å²) in [4.78, 5) is 0. The third kappa shape index (κ3) is 1.98. The Bertz CT molecular complexity index is 206. The summed E-state index contributed by atoms with van der Waals surface area (Å²) in [6.45, 7) is 0. The molecule has 1 nitrogen and oxygen atoms in total. The lowest BCUT2D eigenvalue weighted by Crippen LogP contribution is -1.70. The van der Waals surface area contributed by atoms with E-state index in [2.05, 4.69) is 4.65 Å². The maximum absolute atomic E-state index is 4.79. The van der Waals surface area contributed by atoms with E-state index in [9.17, 15) is 0 Å². The predicted octanol–water partition coefficient (Wildman–Crippen LogP) is 1.76. The van der Waals surface area contributed by atoms with Crippen molar-refractivity contribution in [2.45, 2.75) is 0 Å². The topological polar surface area (TPSA) is 9.23 Å². The second-order valence-corrected chi connectivity index (χ2v) is 1.85. The highest BCUT2D eigenvalue weighted by Crippen LogP contribution is 1.99. The summed E-state index contributed by atoms with van der Waals surface area (Å²) in [7, 11) is 4.79. The molecule has 0 aliphatic rings. The summed E-state index contributed by atoms with van der Waals surface area (Å²) in [6, 6.07) is 9.80. The van der Waals surface area contributed by atoms with E-state index in [1.807, 2.05) is 30.3 Å². The summed E-state index contributed by atoms with van der Waals surface area (Å²) >= 11 is 0.